The van der Waals surface area contributed by atoms with Crippen molar-refractivity contribution in [2.24, 2.45) is 5.73 Å². The van der Waals surface area contributed by atoms with Gasteiger partial charge in [0.1, 0.15) is 5.00 Å². The lowest BCUT2D eigenvalue weighted by Crippen LogP contribution is -2.36. The van der Waals surface area contributed by atoms with Gasteiger partial charge in [0.25, 0.3) is 11.8 Å². The van der Waals surface area contributed by atoms with Crippen molar-refractivity contribution in [3.05, 3.63) is 81.7 Å². The highest BCUT2D eigenvalue weighted by Gasteiger charge is 2.31. The van der Waals surface area contributed by atoms with Crippen molar-refractivity contribution >= 4 is 44.3 Å². The van der Waals surface area contributed by atoms with Crippen LogP contribution in [0.3, 0.4) is 0 Å². The molecular weight excluding hydrogens is 552 g/mol. The Hall–Kier alpha value is -3.74. The lowest BCUT2D eigenvalue weighted by atomic mass is 10.0. The zero-order valence-electron chi connectivity index (χ0n) is 22.5. The van der Waals surface area contributed by atoms with Crippen LogP contribution >= 0.6 is 11.3 Å². The minimum Gasteiger partial charge on any atom is -0.450 e. The van der Waals surface area contributed by atoms with Crippen LogP contribution in [-0.2, 0) is 34.3 Å². The van der Waals surface area contributed by atoms with Crippen molar-refractivity contribution in [3.63, 3.8) is 0 Å². The maximum atomic E-state index is 13.4. The number of sulfonamides is 1. The molecule has 40 heavy (non-hydrogen) atoms. The molecule has 4 rings (SSSR count). The van der Waals surface area contributed by atoms with Crippen LogP contribution in [0.5, 0.6) is 0 Å². The number of ether oxygens (including phenoxy) is 1. The van der Waals surface area contributed by atoms with Crippen molar-refractivity contribution in [1.82, 2.24) is 9.21 Å². The van der Waals surface area contributed by atoms with Crippen LogP contribution in [0, 0.1) is 0 Å². The molecule has 3 aromatic rings. The first-order valence-corrected chi connectivity index (χ1v) is 15.1. The number of nitrogens with zero attached hydrogens (tertiary/aromatic N) is 2. The van der Waals surface area contributed by atoms with Crippen LogP contribution in [0.4, 0.5) is 9.80 Å². The number of anilines is 1. The number of rotatable bonds is 9. The van der Waals surface area contributed by atoms with Gasteiger partial charge in [-0.3, -0.25) is 9.59 Å². The Labute approximate surface area is 237 Å². The number of amides is 3. The molecule has 0 saturated carbocycles. The highest BCUT2D eigenvalue weighted by molar-refractivity contribution is 7.89. The molecule has 10 nitrogen and oxygen atoms in total. The second kappa shape index (κ2) is 12.2. The van der Waals surface area contributed by atoms with Crippen molar-refractivity contribution in [2.45, 2.75) is 51.2 Å². The van der Waals surface area contributed by atoms with Gasteiger partial charge >= 0.3 is 6.09 Å². The average molecular weight is 585 g/mol. The van der Waals surface area contributed by atoms with Crippen molar-refractivity contribution in [1.29, 1.82) is 0 Å². The summed E-state index contributed by atoms with van der Waals surface area (Å²) < 4.78 is 33.4. The van der Waals surface area contributed by atoms with E-state index in [-0.39, 0.29) is 41.8 Å². The molecule has 212 valence electrons. The molecule has 0 saturated heterocycles. The van der Waals surface area contributed by atoms with Gasteiger partial charge in [-0.25, -0.2) is 13.2 Å². The molecule has 2 aromatic carbocycles. The Kier molecular flexibility index (Phi) is 8.92. The number of hydrogen-bond donors (Lipinski definition) is 2. The van der Waals surface area contributed by atoms with Gasteiger partial charge in [-0.15, -0.1) is 11.3 Å². The molecule has 1 aliphatic rings. The molecule has 0 aliphatic carbocycles. The van der Waals surface area contributed by atoms with Crippen LogP contribution in [0.2, 0.25) is 0 Å². The summed E-state index contributed by atoms with van der Waals surface area (Å²) in [6.07, 6.45) is -0.0386. The van der Waals surface area contributed by atoms with E-state index in [9.17, 15) is 22.8 Å². The van der Waals surface area contributed by atoms with Crippen molar-refractivity contribution in [3.8, 4) is 0 Å². The topological polar surface area (TPSA) is 139 Å². The van der Waals surface area contributed by atoms with E-state index in [0.717, 1.165) is 10.4 Å². The van der Waals surface area contributed by atoms with E-state index in [1.54, 1.807) is 6.92 Å². The summed E-state index contributed by atoms with van der Waals surface area (Å²) >= 11 is 1.18. The van der Waals surface area contributed by atoms with Gasteiger partial charge in [0, 0.05) is 29.6 Å². The third-order valence-electron chi connectivity index (χ3n) is 6.54. The number of benzene rings is 2. The van der Waals surface area contributed by atoms with Gasteiger partial charge in [-0.05, 0) is 62.6 Å². The van der Waals surface area contributed by atoms with Crippen LogP contribution < -0.4 is 11.1 Å². The Morgan fingerprint density at radius 3 is 2.38 bits per heavy atom. The fourth-order valence-corrected chi connectivity index (χ4v) is 7.41. The first kappa shape index (κ1) is 29.2. The highest BCUT2D eigenvalue weighted by atomic mass is 32.2. The number of hydrogen-bond acceptors (Lipinski definition) is 7. The molecule has 0 bridgehead atoms. The van der Waals surface area contributed by atoms with Gasteiger partial charge < -0.3 is 20.7 Å². The fourth-order valence-electron chi connectivity index (χ4n) is 4.52. The van der Waals surface area contributed by atoms with Gasteiger partial charge in [0.05, 0.1) is 23.6 Å². The predicted octanol–water partition coefficient (Wildman–Crippen LogP) is 4.21. The Morgan fingerprint density at radius 1 is 1.10 bits per heavy atom. The molecule has 1 aromatic heterocycles. The number of carbonyl (C=O) groups is 3. The Bertz CT molecular complexity index is 1500. The quantitative estimate of drug-likeness (QED) is 0.386. The van der Waals surface area contributed by atoms with Crippen molar-refractivity contribution in [2.75, 3.05) is 18.5 Å². The third kappa shape index (κ3) is 6.19. The van der Waals surface area contributed by atoms with Crippen LogP contribution in [-0.4, -0.2) is 54.7 Å². The van der Waals surface area contributed by atoms with Crippen LogP contribution in [0.15, 0.2) is 59.5 Å². The third-order valence-corrected chi connectivity index (χ3v) is 9.70. The van der Waals surface area contributed by atoms with E-state index >= 15 is 0 Å². The van der Waals surface area contributed by atoms with E-state index in [0.29, 0.717) is 23.5 Å². The summed E-state index contributed by atoms with van der Waals surface area (Å²) in [5.41, 5.74) is 7.67. The highest BCUT2D eigenvalue weighted by Crippen LogP contribution is 2.37. The van der Waals surface area contributed by atoms with Gasteiger partial charge in [-0.1, -0.05) is 30.3 Å². The lowest BCUT2D eigenvalue weighted by molar-refractivity contribution is 0.0997. The average Bonchev–Trinajstić information content (AvgIpc) is 3.29. The molecule has 0 atom stereocenters. The van der Waals surface area contributed by atoms with E-state index in [2.05, 4.69) is 5.32 Å². The molecule has 2 heterocycles. The van der Waals surface area contributed by atoms with E-state index in [4.69, 9.17) is 10.5 Å². The summed E-state index contributed by atoms with van der Waals surface area (Å²) in [6, 6.07) is 14.7. The number of thiophene rings is 1. The second-order valence-electron chi connectivity index (χ2n) is 9.55. The molecule has 3 N–H and O–H groups in total. The number of primary amides is 1. The standard InChI is InChI=1S/C28H32N4O6S2/c1-4-38-28(35)31-15-14-22-23(17-31)39-27(24(22)25(29)33)30-26(34)20-10-12-21(13-11-20)40(36,37)32(18(2)3)16-19-8-6-5-7-9-19/h5-13,18H,4,14-17H2,1-3H3,(H2,29,33)(H,30,34). The van der Waals surface area contributed by atoms with E-state index in [1.807, 2.05) is 44.2 Å². The van der Waals surface area contributed by atoms with Gasteiger partial charge in [0.15, 0.2) is 0 Å². The molecule has 0 unspecified atom stereocenters. The number of carbonyl (C=O) groups excluding carboxylic acids is 3. The second-order valence-corrected chi connectivity index (χ2v) is 12.5. The summed E-state index contributed by atoms with van der Waals surface area (Å²) in [6.45, 7) is 6.43. The Balaban J connectivity index is 1.53. The first-order chi connectivity index (χ1) is 19.0. The molecule has 0 spiro atoms. The van der Waals surface area contributed by atoms with Gasteiger partial charge in [-0.2, -0.15) is 4.31 Å². The van der Waals surface area contributed by atoms with Crippen molar-refractivity contribution < 1.29 is 27.5 Å². The monoisotopic (exact) mass is 584 g/mol. The number of nitrogens with two attached hydrogens (primary N) is 1. The molecule has 0 radical (unpaired) electrons. The molecule has 12 heteroatoms. The SMILES string of the molecule is CCOC(=O)N1CCc2c(sc(NC(=O)c3ccc(S(=O)(=O)N(Cc4ccccc4)C(C)C)cc3)c2C(N)=O)C1. The minimum absolute atomic E-state index is 0.0668. The maximum Gasteiger partial charge on any atom is 0.410 e. The van der Waals surface area contributed by atoms with E-state index in [1.165, 1.54) is 44.8 Å². The maximum absolute atomic E-state index is 13.4. The van der Waals surface area contributed by atoms with Crippen LogP contribution in [0.1, 0.15) is 57.5 Å². The zero-order chi connectivity index (χ0) is 29.0. The molecule has 0 fully saturated rings. The molecule has 3 amide bonds. The number of fused-ring (bicyclic) bond motifs is 1. The molecule has 1 aliphatic heterocycles. The Morgan fingerprint density at radius 2 is 1.77 bits per heavy atom. The first-order valence-electron chi connectivity index (χ1n) is 12.9. The van der Waals surface area contributed by atoms with E-state index < -0.39 is 27.9 Å². The predicted molar refractivity (Wildman–Crippen MR) is 153 cm³/mol. The van der Waals surface area contributed by atoms with Crippen LogP contribution in [0.25, 0.3) is 0 Å². The summed E-state index contributed by atoms with van der Waals surface area (Å²) in [5.74, 6) is -1.19. The smallest absolute Gasteiger partial charge is 0.410 e. The summed E-state index contributed by atoms with van der Waals surface area (Å²) in [4.78, 5) is 39.9. The summed E-state index contributed by atoms with van der Waals surface area (Å²) in [5, 5.41) is 3.04. The normalized spacial score (nSPS) is 13.3. The fraction of sp³-hybridized carbons (Fsp3) is 0.321. The summed E-state index contributed by atoms with van der Waals surface area (Å²) in [7, 11) is -3.84. The van der Waals surface area contributed by atoms with Gasteiger partial charge in [0.2, 0.25) is 10.0 Å². The zero-order valence-corrected chi connectivity index (χ0v) is 24.2. The largest absolute Gasteiger partial charge is 0.450 e. The lowest BCUT2D eigenvalue weighted by Gasteiger charge is -2.26. The number of nitrogens with one attached hydrogen (secondary N) is 1. The minimum atomic E-state index is -3.84. The molecular formula is C28H32N4O6S2.